The van der Waals surface area contributed by atoms with Gasteiger partial charge in [0.25, 0.3) is 5.91 Å². The van der Waals surface area contributed by atoms with Gasteiger partial charge in [0.05, 0.1) is 6.54 Å². The molecule has 0 heterocycles. The van der Waals surface area contributed by atoms with E-state index >= 15 is 0 Å². The third-order valence-electron chi connectivity index (χ3n) is 3.62. The Kier molecular flexibility index (Phi) is 7.50. The Bertz CT molecular complexity index is 669. The highest BCUT2D eigenvalue weighted by atomic mass is 16.5. The molecule has 2 amide bonds. The smallest absolute Gasteiger partial charge is 0.251 e. The van der Waals surface area contributed by atoms with Gasteiger partial charge >= 0.3 is 0 Å². The van der Waals surface area contributed by atoms with Crippen LogP contribution in [0.1, 0.15) is 28.8 Å². The van der Waals surface area contributed by atoms with E-state index in [1.54, 1.807) is 12.1 Å². The minimum absolute atomic E-state index is 0.0403. The van der Waals surface area contributed by atoms with Gasteiger partial charge in [-0.3, -0.25) is 9.59 Å². The molecule has 0 radical (unpaired) electrons. The fraction of sp³-hybridized carbons (Fsp3) is 0.300. The van der Waals surface area contributed by atoms with Crippen LogP contribution in [0.4, 0.5) is 0 Å². The van der Waals surface area contributed by atoms with Gasteiger partial charge in [-0.15, -0.1) is 0 Å². The van der Waals surface area contributed by atoms with E-state index in [0.29, 0.717) is 38.1 Å². The zero-order valence-electron chi connectivity index (χ0n) is 14.5. The largest absolute Gasteiger partial charge is 0.492 e. The summed E-state index contributed by atoms with van der Waals surface area (Å²) in [4.78, 5) is 23.6. The maximum Gasteiger partial charge on any atom is 0.251 e. The SMILES string of the molecule is Cc1ccc(OCCNC(=O)CCCNC(=O)c2ccccc2)cc1. The van der Waals surface area contributed by atoms with Crippen LogP contribution in [-0.4, -0.2) is 31.5 Å². The van der Waals surface area contributed by atoms with E-state index in [-0.39, 0.29) is 11.8 Å². The number of carbonyl (C=O) groups excluding carboxylic acids is 2. The molecule has 0 aliphatic carbocycles. The van der Waals surface area contributed by atoms with Crippen molar-refractivity contribution in [3.05, 3.63) is 65.7 Å². The second-order valence-electron chi connectivity index (χ2n) is 5.74. The van der Waals surface area contributed by atoms with Crippen LogP contribution in [0.5, 0.6) is 5.75 Å². The summed E-state index contributed by atoms with van der Waals surface area (Å²) >= 11 is 0. The molecule has 0 saturated carbocycles. The van der Waals surface area contributed by atoms with Gasteiger partial charge in [-0.2, -0.15) is 0 Å². The number of aryl methyl sites for hydroxylation is 1. The molecule has 0 saturated heterocycles. The van der Waals surface area contributed by atoms with Crippen molar-refractivity contribution in [2.24, 2.45) is 0 Å². The van der Waals surface area contributed by atoms with Crippen molar-refractivity contribution in [2.75, 3.05) is 19.7 Å². The van der Waals surface area contributed by atoms with Crippen LogP contribution < -0.4 is 15.4 Å². The lowest BCUT2D eigenvalue weighted by Crippen LogP contribution is -2.29. The fourth-order valence-corrected chi connectivity index (χ4v) is 2.22. The zero-order chi connectivity index (χ0) is 17.9. The molecule has 2 aromatic rings. The predicted molar refractivity (Wildman–Crippen MR) is 97.7 cm³/mol. The molecular weight excluding hydrogens is 316 g/mol. The normalized spacial score (nSPS) is 10.1. The first-order valence-corrected chi connectivity index (χ1v) is 8.44. The lowest BCUT2D eigenvalue weighted by Gasteiger charge is -2.08. The highest BCUT2D eigenvalue weighted by Crippen LogP contribution is 2.10. The Morgan fingerprint density at radius 2 is 1.64 bits per heavy atom. The monoisotopic (exact) mass is 340 g/mol. The van der Waals surface area contributed by atoms with Gasteiger partial charge in [0.1, 0.15) is 12.4 Å². The topological polar surface area (TPSA) is 67.4 Å². The number of hydrogen-bond donors (Lipinski definition) is 2. The van der Waals surface area contributed by atoms with Crippen LogP contribution in [0.3, 0.4) is 0 Å². The Morgan fingerprint density at radius 1 is 0.920 bits per heavy atom. The number of benzene rings is 2. The standard InChI is InChI=1S/C20H24N2O3/c1-16-9-11-18(12-10-16)25-15-14-21-19(23)8-5-13-22-20(24)17-6-3-2-4-7-17/h2-4,6-7,9-12H,5,8,13-15H2,1H3,(H,21,23)(H,22,24). The van der Waals surface area contributed by atoms with Crippen molar-refractivity contribution < 1.29 is 14.3 Å². The number of rotatable bonds is 9. The summed E-state index contributed by atoms with van der Waals surface area (Å²) in [6, 6.07) is 16.8. The van der Waals surface area contributed by atoms with Gasteiger partial charge in [-0.25, -0.2) is 0 Å². The minimum Gasteiger partial charge on any atom is -0.492 e. The highest BCUT2D eigenvalue weighted by molar-refractivity contribution is 5.94. The summed E-state index contributed by atoms with van der Waals surface area (Å²) < 4.78 is 5.55. The quantitative estimate of drug-likeness (QED) is 0.690. The maximum atomic E-state index is 11.8. The van der Waals surface area contributed by atoms with Gasteiger partial charge < -0.3 is 15.4 Å². The summed E-state index contributed by atoms with van der Waals surface area (Å²) in [5.74, 6) is 0.637. The molecule has 25 heavy (non-hydrogen) atoms. The van der Waals surface area contributed by atoms with Crippen LogP contribution in [0, 0.1) is 6.92 Å². The van der Waals surface area contributed by atoms with Crippen LogP contribution in [-0.2, 0) is 4.79 Å². The van der Waals surface area contributed by atoms with E-state index in [1.807, 2.05) is 49.4 Å². The van der Waals surface area contributed by atoms with Gasteiger partial charge in [-0.1, -0.05) is 35.9 Å². The van der Waals surface area contributed by atoms with Crippen LogP contribution in [0.25, 0.3) is 0 Å². The molecule has 0 fully saturated rings. The molecule has 0 aliphatic rings. The molecule has 2 N–H and O–H groups in total. The number of ether oxygens (including phenoxy) is 1. The maximum absolute atomic E-state index is 11.8. The first kappa shape index (κ1) is 18.5. The molecule has 0 unspecified atom stereocenters. The molecule has 0 aromatic heterocycles. The molecule has 132 valence electrons. The predicted octanol–water partition coefficient (Wildman–Crippen LogP) is 2.70. The van der Waals surface area contributed by atoms with Crippen LogP contribution >= 0.6 is 0 Å². The number of nitrogens with one attached hydrogen (secondary N) is 2. The van der Waals surface area contributed by atoms with Gasteiger partial charge in [-0.05, 0) is 37.6 Å². The van der Waals surface area contributed by atoms with E-state index in [2.05, 4.69) is 10.6 Å². The fourth-order valence-electron chi connectivity index (χ4n) is 2.22. The third-order valence-corrected chi connectivity index (χ3v) is 3.62. The molecule has 2 aromatic carbocycles. The second kappa shape index (κ2) is 10.1. The van der Waals surface area contributed by atoms with E-state index in [0.717, 1.165) is 5.75 Å². The van der Waals surface area contributed by atoms with E-state index < -0.39 is 0 Å². The van der Waals surface area contributed by atoms with Crippen molar-refractivity contribution in [1.29, 1.82) is 0 Å². The summed E-state index contributed by atoms with van der Waals surface area (Å²) in [7, 11) is 0. The van der Waals surface area contributed by atoms with Crippen molar-refractivity contribution >= 4 is 11.8 Å². The number of amides is 2. The van der Waals surface area contributed by atoms with Crippen molar-refractivity contribution in [3.8, 4) is 5.75 Å². The van der Waals surface area contributed by atoms with Gasteiger partial charge in [0.2, 0.25) is 5.91 Å². The molecule has 0 spiro atoms. The van der Waals surface area contributed by atoms with Crippen molar-refractivity contribution in [1.82, 2.24) is 10.6 Å². The lowest BCUT2D eigenvalue weighted by molar-refractivity contribution is -0.121. The molecule has 5 nitrogen and oxygen atoms in total. The van der Waals surface area contributed by atoms with Crippen LogP contribution in [0.2, 0.25) is 0 Å². The minimum atomic E-state index is -0.118. The van der Waals surface area contributed by atoms with Gasteiger partial charge in [0.15, 0.2) is 0 Å². The molecule has 0 bridgehead atoms. The first-order valence-electron chi connectivity index (χ1n) is 8.44. The second-order valence-corrected chi connectivity index (χ2v) is 5.74. The van der Waals surface area contributed by atoms with Crippen LogP contribution in [0.15, 0.2) is 54.6 Å². The molecular formula is C20H24N2O3. The zero-order valence-corrected chi connectivity index (χ0v) is 14.5. The van der Waals surface area contributed by atoms with E-state index in [1.165, 1.54) is 5.56 Å². The summed E-state index contributed by atoms with van der Waals surface area (Å²) in [6.07, 6.45) is 0.975. The third kappa shape index (κ3) is 7.08. The Labute approximate surface area is 148 Å². The first-order chi connectivity index (χ1) is 12.1. The Balaban J connectivity index is 1.52. The summed E-state index contributed by atoms with van der Waals surface area (Å²) in [6.45, 7) is 3.38. The Hall–Kier alpha value is -2.82. The van der Waals surface area contributed by atoms with Gasteiger partial charge in [0, 0.05) is 18.5 Å². The van der Waals surface area contributed by atoms with Crippen molar-refractivity contribution in [2.45, 2.75) is 19.8 Å². The average molecular weight is 340 g/mol. The molecule has 5 heteroatoms. The number of hydrogen-bond acceptors (Lipinski definition) is 3. The number of carbonyl (C=O) groups is 2. The molecule has 0 aliphatic heterocycles. The van der Waals surface area contributed by atoms with Crippen molar-refractivity contribution in [3.63, 3.8) is 0 Å². The average Bonchev–Trinajstić information content (AvgIpc) is 2.64. The summed E-state index contributed by atoms with van der Waals surface area (Å²) in [5.41, 5.74) is 1.81. The molecule has 0 atom stereocenters. The van der Waals surface area contributed by atoms with E-state index in [4.69, 9.17) is 4.74 Å². The molecule has 2 rings (SSSR count). The highest BCUT2D eigenvalue weighted by Gasteiger charge is 2.05. The summed E-state index contributed by atoms with van der Waals surface area (Å²) in [5, 5.41) is 5.61. The lowest BCUT2D eigenvalue weighted by atomic mass is 10.2. The Morgan fingerprint density at radius 3 is 2.36 bits per heavy atom. The van der Waals surface area contributed by atoms with E-state index in [9.17, 15) is 9.59 Å².